The van der Waals surface area contributed by atoms with Gasteiger partial charge in [-0.15, -0.1) is 0 Å². The van der Waals surface area contributed by atoms with Crippen LogP contribution in [-0.2, 0) is 52.8 Å². The lowest BCUT2D eigenvalue weighted by molar-refractivity contribution is -0.141. The fourth-order valence-corrected chi connectivity index (χ4v) is 9.34. The number of nitrogens with one attached hydrogen (secondary N) is 2. The summed E-state index contributed by atoms with van der Waals surface area (Å²) >= 11 is 0. The first-order valence-electron chi connectivity index (χ1n) is 24.0. The fourth-order valence-electron chi connectivity index (χ4n) is 9.34. The van der Waals surface area contributed by atoms with E-state index >= 15 is 0 Å². The molecule has 370 valence electrons. The number of hydrogen-bond acceptors (Lipinski definition) is 11. The molecular weight excluding hydrogens is 859 g/mol. The quantitative estimate of drug-likeness (QED) is 0.0711. The largest absolute Gasteiger partial charge is 0.467 e. The van der Waals surface area contributed by atoms with E-state index in [4.69, 9.17) is 19.3 Å². The minimum atomic E-state index is -0.733. The molecule has 0 saturated carbocycles. The molecule has 2 N–H and O–H groups in total. The molecule has 6 rings (SSSR count). The van der Waals surface area contributed by atoms with Crippen LogP contribution in [0, 0.1) is 17.3 Å². The molecule has 0 aliphatic carbocycles. The normalized spacial score (nSPS) is 17.6. The zero-order chi connectivity index (χ0) is 50.1. The molecule has 4 heterocycles. The van der Waals surface area contributed by atoms with Crippen LogP contribution in [-0.4, -0.2) is 128 Å². The van der Waals surface area contributed by atoms with E-state index in [2.05, 4.69) is 97.9 Å². The Morgan fingerprint density at radius 2 is 1.75 bits per heavy atom. The number of aromatic nitrogens is 2. The Kier molecular flexibility index (Phi) is 21.3. The van der Waals surface area contributed by atoms with Crippen LogP contribution in [0.4, 0.5) is 0 Å². The van der Waals surface area contributed by atoms with Crippen LogP contribution in [0.1, 0.15) is 90.7 Å². The van der Waals surface area contributed by atoms with Gasteiger partial charge in [-0.25, -0.2) is 5.43 Å². The fraction of sp³-hybridized carbons (Fsp3) is 0.519. The third-order valence-electron chi connectivity index (χ3n) is 13.1. The SMILES string of the molecule is C=CC=O.CC1C(C=O)CCN1C.CCn1c(-c2cccnc2C(C)OC)c(CC(C)(C)COC=O)c2cc(-c3cccc(CC(NC(=O)C(C(C)C)N(C)C)C(=O)N4CCCCN4)c3)ccc21. The number of carbonyl (C=O) groups excluding carboxylic acids is 5. The number of aldehydes is 2. The minimum Gasteiger partial charge on any atom is -0.467 e. The summed E-state index contributed by atoms with van der Waals surface area (Å²) in [5.74, 6) is 0.0770. The van der Waals surface area contributed by atoms with Gasteiger partial charge in [0.05, 0.1) is 30.1 Å². The third-order valence-corrected chi connectivity index (χ3v) is 13.1. The lowest BCUT2D eigenvalue weighted by Gasteiger charge is -2.33. The van der Waals surface area contributed by atoms with Crippen LogP contribution in [0.2, 0.25) is 0 Å². The van der Waals surface area contributed by atoms with Crippen molar-refractivity contribution in [2.45, 2.75) is 111 Å². The zero-order valence-corrected chi connectivity index (χ0v) is 42.4. The number of methoxy groups -OCH3 is 1. The van der Waals surface area contributed by atoms with Crippen LogP contribution < -0.4 is 10.7 Å². The Labute approximate surface area is 404 Å². The highest BCUT2D eigenvalue weighted by atomic mass is 16.5. The number of aryl methyl sites for hydroxylation is 1. The van der Waals surface area contributed by atoms with E-state index in [1.165, 1.54) is 6.08 Å². The van der Waals surface area contributed by atoms with Crippen LogP contribution in [0.15, 0.2) is 73.4 Å². The van der Waals surface area contributed by atoms with Crippen molar-refractivity contribution >= 4 is 41.8 Å². The summed E-state index contributed by atoms with van der Waals surface area (Å²) in [5, 5.41) is 5.92. The van der Waals surface area contributed by atoms with Crippen LogP contribution in [0.25, 0.3) is 33.3 Å². The van der Waals surface area contributed by atoms with Gasteiger partial charge < -0.3 is 29.1 Å². The van der Waals surface area contributed by atoms with Gasteiger partial charge in [0.2, 0.25) is 5.91 Å². The summed E-state index contributed by atoms with van der Waals surface area (Å²) in [6, 6.07) is 18.3. The van der Waals surface area contributed by atoms with E-state index in [0.29, 0.717) is 38.2 Å². The first-order chi connectivity index (χ1) is 32.5. The standard InChI is InChI=1S/C44H60N6O5.C7H13NO.C3H4O/c1-10-49-38-19-18-33(25-35(38)36(26-44(5,6)27-55-28-51)41(49)34-17-14-20-45-39(34)30(4)54-9)32-16-13-15-31(23-32)24-37(43(53)50-22-12-11-21-46-50)47-42(52)40(29(2)3)48(7)8;1-6-7(5-9)3-4-8(6)2;1-2-3-4/h13-20,23,25,28-30,37,40,46H,10-12,21-22,24,26-27H2,1-9H3,(H,47,52);5-7H,3-4H2,1-2H3;2-3H,1H2. The molecule has 2 saturated heterocycles. The second-order valence-electron chi connectivity index (χ2n) is 19.3. The average molecular weight is 936 g/mol. The van der Waals surface area contributed by atoms with E-state index in [0.717, 1.165) is 95.3 Å². The second-order valence-corrected chi connectivity index (χ2v) is 19.3. The van der Waals surface area contributed by atoms with Crippen molar-refractivity contribution in [3.63, 3.8) is 0 Å². The molecule has 0 spiro atoms. The number of hydrazine groups is 1. The number of likely N-dealkylation sites (N-methyl/N-ethyl adjacent to an activating group) is 1. The zero-order valence-electron chi connectivity index (χ0n) is 42.4. The molecule has 2 aliphatic rings. The summed E-state index contributed by atoms with van der Waals surface area (Å²) < 4.78 is 13.4. The molecule has 14 nitrogen and oxygen atoms in total. The number of ether oxygens (including phenoxy) is 2. The Hall–Kier alpha value is -5.54. The number of likely N-dealkylation sites (tertiary alicyclic amines) is 1. The van der Waals surface area contributed by atoms with Gasteiger partial charge in [0.15, 0.2) is 0 Å². The van der Waals surface area contributed by atoms with Gasteiger partial charge in [-0.1, -0.05) is 64.6 Å². The molecule has 0 bridgehead atoms. The number of allylic oxidation sites excluding steroid dienone is 1. The molecule has 2 aliphatic heterocycles. The van der Waals surface area contributed by atoms with Gasteiger partial charge >= 0.3 is 0 Å². The predicted molar refractivity (Wildman–Crippen MR) is 271 cm³/mol. The Morgan fingerprint density at radius 1 is 1.03 bits per heavy atom. The van der Waals surface area contributed by atoms with Crippen molar-refractivity contribution in [3.05, 3.63) is 90.3 Å². The molecule has 0 radical (unpaired) electrons. The highest BCUT2D eigenvalue weighted by molar-refractivity contribution is 5.95. The number of amides is 2. The molecular formula is C54H77N7O7. The van der Waals surface area contributed by atoms with Gasteiger partial charge in [-0.3, -0.25) is 34.1 Å². The smallest absolute Gasteiger partial charge is 0.293 e. The minimum absolute atomic E-state index is 0.0707. The Balaban J connectivity index is 0.000000673. The van der Waals surface area contributed by atoms with Gasteiger partial charge in [-0.2, -0.15) is 0 Å². The van der Waals surface area contributed by atoms with E-state index in [-0.39, 0.29) is 47.8 Å². The number of pyridine rings is 1. The van der Waals surface area contributed by atoms with E-state index in [1.807, 2.05) is 58.0 Å². The van der Waals surface area contributed by atoms with Crippen molar-refractivity contribution < 1.29 is 33.4 Å². The predicted octanol–water partition coefficient (Wildman–Crippen LogP) is 7.48. The average Bonchev–Trinajstić information content (AvgIpc) is 3.83. The summed E-state index contributed by atoms with van der Waals surface area (Å²) in [6.07, 6.45) is 8.47. The van der Waals surface area contributed by atoms with Crippen molar-refractivity contribution in [2.24, 2.45) is 17.3 Å². The Bertz CT molecular complexity index is 2290. The molecule has 4 aromatic rings. The van der Waals surface area contributed by atoms with Gasteiger partial charge in [0.25, 0.3) is 12.4 Å². The summed E-state index contributed by atoms with van der Waals surface area (Å²) in [5.41, 5.74) is 11.1. The maximum atomic E-state index is 14.0. The molecule has 2 amide bonds. The molecule has 2 aromatic heterocycles. The third kappa shape index (κ3) is 14.3. The van der Waals surface area contributed by atoms with Crippen molar-refractivity contribution in [2.75, 3.05) is 54.5 Å². The number of nitrogens with zero attached hydrogens (tertiary/aromatic N) is 5. The highest BCUT2D eigenvalue weighted by Gasteiger charge is 2.33. The molecule has 5 unspecified atom stereocenters. The molecule has 68 heavy (non-hydrogen) atoms. The second kappa shape index (κ2) is 26.3. The summed E-state index contributed by atoms with van der Waals surface area (Å²) in [6.45, 7) is 21.6. The first-order valence-corrected chi connectivity index (χ1v) is 24.0. The van der Waals surface area contributed by atoms with Crippen molar-refractivity contribution in [1.29, 1.82) is 0 Å². The molecule has 14 heteroatoms. The van der Waals surface area contributed by atoms with E-state index in [1.54, 1.807) is 18.3 Å². The van der Waals surface area contributed by atoms with Gasteiger partial charge in [0.1, 0.15) is 18.6 Å². The molecule has 5 atom stereocenters. The highest BCUT2D eigenvalue weighted by Crippen LogP contribution is 2.42. The Morgan fingerprint density at radius 3 is 2.31 bits per heavy atom. The first kappa shape index (κ1) is 55.1. The van der Waals surface area contributed by atoms with Crippen LogP contribution in [0.3, 0.4) is 0 Å². The van der Waals surface area contributed by atoms with Crippen molar-refractivity contribution in [1.82, 2.24) is 35.1 Å². The number of hydrogen-bond donors (Lipinski definition) is 2. The van der Waals surface area contributed by atoms with Crippen molar-refractivity contribution in [3.8, 4) is 22.4 Å². The number of carbonyl (C=O) groups is 5. The molecule has 2 aromatic carbocycles. The number of rotatable bonds is 19. The van der Waals surface area contributed by atoms with Crippen LogP contribution in [0.5, 0.6) is 0 Å². The number of benzene rings is 2. The van der Waals surface area contributed by atoms with E-state index < -0.39 is 6.04 Å². The van der Waals surface area contributed by atoms with E-state index in [9.17, 15) is 19.2 Å². The maximum Gasteiger partial charge on any atom is 0.293 e. The number of fused-ring (bicyclic) bond motifs is 1. The lowest BCUT2D eigenvalue weighted by Crippen LogP contribution is -2.58. The van der Waals surface area contributed by atoms with Gasteiger partial charge in [-0.05, 0) is 133 Å². The lowest BCUT2D eigenvalue weighted by atomic mass is 9.84. The molecule has 2 fully saturated rings. The summed E-state index contributed by atoms with van der Waals surface area (Å²) in [4.78, 5) is 67.2. The topological polar surface area (TPSA) is 155 Å². The van der Waals surface area contributed by atoms with Crippen LogP contribution >= 0.6 is 0 Å². The van der Waals surface area contributed by atoms with Gasteiger partial charge in [0, 0.05) is 73.2 Å². The summed E-state index contributed by atoms with van der Waals surface area (Å²) in [7, 11) is 7.55. The monoisotopic (exact) mass is 936 g/mol. The maximum absolute atomic E-state index is 14.0.